The van der Waals surface area contributed by atoms with Crippen LogP contribution in [0.15, 0.2) is 35.2 Å². The molecule has 5 heteroatoms. The summed E-state index contributed by atoms with van der Waals surface area (Å²) in [6.07, 6.45) is 15.1. The molecule has 0 aliphatic rings. The normalized spacial score (nSPS) is 11.2. The number of benzene rings is 1. The van der Waals surface area contributed by atoms with Crippen molar-refractivity contribution >= 4 is 61.5 Å². The average molecular weight is 395 g/mol. The Morgan fingerprint density at radius 1 is 0.720 bits per heavy atom. The van der Waals surface area contributed by atoms with Crippen LogP contribution in [0.25, 0.3) is 0 Å². The van der Waals surface area contributed by atoms with Crippen molar-refractivity contribution in [3.05, 3.63) is 30.3 Å². The molecule has 3 nitrogen and oxygen atoms in total. The van der Waals surface area contributed by atoms with Gasteiger partial charge in [0.15, 0.2) is 0 Å². The zero-order valence-corrected chi connectivity index (χ0v) is 16.0. The second kappa shape index (κ2) is 16.9. The Labute approximate surface area is 197 Å². The number of hydrogen-bond acceptors (Lipinski definition) is 3. The molecule has 1 aromatic rings. The third-order valence-corrected chi connectivity index (χ3v) is 5.59. The van der Waals surface area contributed by atoms with Crippen LogP contribution in [-0.4, -0.2) is 66.4 Å². The summed E-state index contributed by atoms with van der Waals surface area (Å²) in [5, 5.41) is 0. The minimum atomic E-state index is -3.57. The molecule has 140 valence electrons. The predicted molar refractivity (Wildman–Crippen MR) is 108 cm³/mol. The Kier molecular flexibility index (Phi) is 17.4. The summed E-state index contributed by atoms with van der Waals surface area (Å²) in [4.78, 5) is 0.240. The van der Waals surface area contributed by atoms with Crippen molar-refractivity contribution in [2.24, 2.45) is 0 Å². The SMILES string of the molecule is CCCCCCCCCCCCCCOS(=O)(=O)c1ccccc1.[KH]. The first-order valence-corrected chi connectivity index (χ1v) is 11.0. The monoisotopic (exact) mass is 394 g/mol. The molecule has 0 aliphatic heterocycles. The molecule has 0 amide bonds. The molecule has 0 atom stereocenters. The molecule has 0 bridgehead atoms. The fraction of sp³-hybridized carbons (Fsp3) is 0.700. The van der Waals surface area contributed by atoms with Gasteiger partial charge in [0.2, 0.25) is 0 Å². The van der Waals surface area contributed by atoms with Gasteiger partial charge in [-0.05, 0) is 18.6 Å². The molecule has 0 radical (unpaired) electrons. The van der Waals surface area contributed by atoms with Gasteiger partial charge in [-0.15, -0.1) is 0 Å². The fourth-order valence-electron chi connectivity index (χ4n) is 2.77. The Bertz CT molecular complexity index is 503. The van der Waals surface area contributed by atoms with Crippen LogP contribution in [0.4, 0.5) is 0 Å². The first kappa shape index (κ1) is 25.8. The van der Waals surface area contributed by atoms with Crippen molar-refractivity contribution in [3.8, 4) is 0 Å². The summed E-state index contributed by atoms with van der Waals surface area (Å²) in [5.41, 5.74) is 0. The molecule has 0 heterocycles. The van der Waals surface area contributed by atoms with Crippen molar-refractivity contribution in [1.29, 1.82) is 0 Å². The van der Waals surface area contributed by atoms with Gasteiger partial charge in [-0.25, -0.2) is 0 Å². The van der Waals surface area contributed by atoms with E-state index < -0.39 is 10.1 Å². The Balaban J connectivity index is 0.00000576. The molecule has 1 aromatic carbocycles. The summed E-state index contributed by atoms with van der Waals surface area (Å²) in [6.45, 7) is 2.54. The van der Waals surface area contributed by atoms with Gasteiger partial charge in [-0.2, -0.15) is 8.42 Å². The fourth-order valence-corrected chi connectivity index (χ4v) is 3.73. The van der Waals surface area contributed by atoms with Gasteiger partial charge in [0.1, 0.15) is 0 Å². The second-order valence-corrected chi connectivity index (χ2v) is 8.09. The van der Waals surface area contributed by atoms with Crippen molar-refractivity contribution in [1.82, 2.24) is 0 Å². The van der Waals surface area contributed by atoms with Gasteiger partial charge in [0.05, 0.1) is 11.5 Å². The van der Waals surface area contributed by atoms with E-state index in [0.29, 0.717) is 0 Å². The minimum absolute atomic E-state index is 0. The molecule has 1 rings (SSSR count). The summed E-state index contributed by atoms with van der Waals surface area (Å²) in [5.74, 6) is 0. The van der Waals surface area contributed by atoms with E-state index in [9.17, 15) is 8.42 Å². The van der Waals surface area contributed by atoms with Crippen molar-refractivity contribution in [3.63, 3.8) is 0 Å². The van der Waals surface area contributed by atoms with Crippen LogP contribution in [-0.2, 0) is 14.3 Å². The van der Waals surface area contributed by atoms with Gasteiger partial charge < -0.3 is 0 Å². The van der Waals surface area contributed by atoms with Crippen LogP contribution in [0.1, 0.15) is 84.0 Å². The van der Waals surface area contributed by atoms with E-state index in [1.807, 2.05) is 0 Å². The first-order chi connectivity index (χ1) is 11.7. The molecule has 0 aliphatic carbocycles. The van der Waals surface area contributed by atoms with Crippen LogP contribution in [0.5, 0.6) is 0 Å². The summed E-state index contributed by atoms with van der Waals surface area (Å²) < 4.78 is 28.9. The van der Waals surface area contributed by atoms with Crippen LogP contribution in [0.3, 0.4) is 0 Å². The Hall–Kier alpha value is 0.766. The number of hydrogen-bond donors (Lipinski definition) is 0. The van der Waals surface area contributed by atoms with Gasteiger partial charge in [-0.1, -0.05) is 95.8 Å². The molecule has 0 spiro atoms. The standard InChI is InChI=1S/C20H34O3S.K.H/c1-2-3-4-5-6-7-8-9-10-11-12-16-19-23-24(21,22)20-17-14-13-15-18-20;;/h13-15,17-18H,2-12,16,19H2,1H3;;. The topological polar surface area (TPSA) is 43.4 Å². The summed E-state index contributed by atoms with van der Waals surface area (Å²) >= 11 is 0. The van der Waals surface area contributed by atoms with Crippen LogP contribution >= 0.6 is 0 Å². The van der Waals surface area contributed by atoms with Gasteiger partial charge in [0.25, 0.3) is 10.1 Å². The molecule has 0 N–H and O–H groups in total. The van der Waals surface area contributed by atoms with E-state index in [1.165, 1.54) is 64.2 Å². The first-order valence-electron chi connectivity index (χ1n) is 9.61. The van der Waals surface area contributed by atoms with Gasteiger partial charge in [0, 0.05) is 0 Å². The van der Waals surface area contributed by atoms with Crippen molar-refractivity contribution in [2.45, 2.75) is 88.9 Å². The van der Waals surface area contributed by atoms with Crippen molar-refractivity contribution in [2.75, 3.05) is 6.61 Å². The zero-order valence-electron chi connectivity index (χ0n) is 15.2. The Morgan fingerprint density at radius 3 is 1.64 bits per heavy atom. The molecular formula is C20H35KO3S. The molecule has 0 saturated heterocycles. The van der Waals surface area contributed by atoms with E-state index in [2.05, 4.69) is 6.92 Å². The van der Waals surface area contributed by atoms with E-state index in [4.69, 9.17) is 4.18 Å². The molecule has 0 unspecified atom stereocenters. The quantitative estimate of drug-likeness (QED) is 0.226. The van der Waals surface area contributed by atoms with Gasteiger partial charge in [-0.3, -0.25) is 4.18 Å². The maximum absolute atomic E-state index is 11.9. The molecular weight excluding hydrogens is 359 g/mol. The van der Waals surface area contributed by atoms with E-state index in [0.717, 1.165) is 12.8 Å². The Morgan fingerprint density at radius 2 is 1.16 bits per heavy atom. The van der Waals surface area contributed by atoms with Crippen molar-refractivity contribution < 1.29 is 12.6 Å². The number of unbranched alkanes of at least 4 members (excludes halogenated alkanes) is 11. The van der Waals surface area contributed by atoms with Gasteiger partial charge >= 0.3 is 51.4 Å². The van der Waals surface area contributed by atoms with E-state index >= 15 is 0 Å². The second-order valence-electron chi connectivity index (χ2n) is 6.48. The molecule has 0 saturated carbocycles. The predicted octanol–water partition coefficient (Wildman–Crippen LogP) is 5.44. The average Bonchev–Trinajstić information content (AvgIpc) is 2.60. The number of rotatable bonds is 15. The zero-order chi connectivity index (χ0) is 17.5. The summed E-state index contributed by atoms with van der Waals surface area (Å²) in [7, 11) is -3.57. The molecule has 0 aromatic heterocycles. The maximum atomic E-state index is 11.9. The van der Waals surface area contributed by atoms with E-state index in [1.54, 1.807) is 30.3 Å². The van der Waals surface area contributed by atoms with Crippen LogP contribution in [0.2, 0.25) is 0 Å². The van der Waals surface area contributed by atoms with Crippen LogP contribution in [0, 0.1) is 0 Å². The molecule has 25 heavy (non-hydrogen) atoms. The summed E-state index contributed by atoms with van der Waals surface area (Å²) in [6, 6.07) is 8.35. The molecule has 0 fully saturated rings. The third kappa shape index (κ3) is 13.6. The van der Waals surface area contributed by atoms with Crippen LogP contribution < -0.4 is 0 Å². The third-order valence-electron chi connectivity index (χ3n) is 4.27. The van der Waals surface area contributed by atoms with E-state index in [-0.39, 0.29) is 62.9 Å².